The third kappa shape index (κ3) is 4.76. The van der Waals surface area contributed by atoms with Gasteiger partial charge in [-0.1, -0.05) is 72.3 Å². The number of para-hydroxylation sites is 1. The average molecular weight is 454 g/mol. The highest BCUT2D eigenvalue weighted by Gasteiger charge is 2.23. The van der Waals surface area contributed by atoms with E-state index in [-0.39, 0.29) is 5.91 Å². The van der Waals surface area contributed by atoms with Crippen LogP contribution >= 0.6 is 11.6 Å². The number of fused-ring (bicyclic) bond motifs is 1. The molecule has 5 heteroatoms. The number of rotatable bonds is 4. The van der Waals surface area contributed by atoms with E-state index in [0.717, 1.165) is 35.2 Å². The number of pyridine rings is 1. The van der Waals surface area contributed by atoms with E-state index < -0.39 is 0 Å². The molecule has 1 aromatic heterocycles. The summed E-state index contributed by atoms with van der Waals surface area (Å²) in [6.07, 6.45) is 4.24. The molecule has 1 amide bonds. The zero-order valence-corrected chi connectivity index (χ0v) is 18.9. The summed E-state index contributed by atoms with van der Waals surface area (Å²) in [4.78, 5) is 22.6. The van der Waals surface area contributed by atoms with E-state index in [1.807, 2.05) is 77.7 Å². The number of hydrogen-bond acceptors (Lipinski definition) is 3. The molecule has 0 bridgehead atoms. The third-order valence-electron chi connectivity index (χ3n) is 5.95. The smallest absolute Gasteiger partial charge is 0.254 e. The second-order valence-electron chi connectivity index (χ2n) is 8.14. The van der Waals surface area contributed by atoms with Crippen LogP contribution in [-0.2, 0) is 0 Å². The lowest BCUT2D eigenvalue weighted by molar-refractivity contribution is 0.0682. The Morgan fingerprint density at radius 3 is 2.39 bits per heavy atom. The molecular formula is C28H24ClN3O. The number of benzene rings is 3. The van der Waals surface area contributed by atoms with Gasteiger partial charge in [-0.25, -0.2) is 4.98 Å². The summed E-state index contributed by atoms with van der Waals surface area (Å²) in [5.74, 6) is 0.0450. The minimum Gasteiger partial charge on any atom is -0.374 e. The van der Waals surface area contributed by atoms with Crippen LogP contribution in [0.4, 0.5) is 0 Å². The van der Waals surface area contributed by atoms with Crippen molar-refractivity contribution in [3.05, 3.63) is 107 Å². The third-order valence-corrected chi connectivity index (χ3v) is 6.18. The molecule has 1 fully saturated rings. The Hall–Kier alpha value is -3.63. The van der Waals surface area contributed by atoms with Crippen LogP contribution in [0.15, 0.2) is 91.1 Å². The lowest BCUT2D eigenvalue weighted by Gasteiger charge is -2.34. The van der Waals surface area contributed by atoms with E-state index >= 15 is 0 Å². The number of aromatic nitrogens is 1. The van der Waals surface area contributed by atoms with Crippen molar-refractivity contribution < 1.29 is 4.79 Å². The molecule has 1 aliphatic rings. The number of amides is 1. The standard InChI is InChI=1S/C28H24ClN3O/c29-23-10-6-9-22(19-23)27-20-25(24-11-4-5-12-26(24)30-27)28(33)32-17-15-31(16-18-32)14-13-21-7-2-1-3-8-21/h1-14,19-20H,15-18H2/b14-13+. The Bertz CT molecular complexity index is 1310. The molecule has 164 valence electrons. The van der Waals surface area contributed by atoms with Gasteiger partial charge >= 0.3 is 0 Å². The molecule has 3 aromatic carbocycles. The van der Waals surface area contributed by atoms with E-state index in [9.17, 15) is 4.79 Å². The number of hydrogen-bond donors (Lipinski definition) is 0. The van der Waals surface area contributed by atoms with E-state index in [1.165, 1.54) is 5.56 Å². The van der Waals surface area contributed by atoms with Crippen molar-refractivity contribution in [2.75, 3.05) is 26.2 Å². The molecule has 4 nitrogen and oxygen atoms in total. The highest BCUT2D eigenvalue weighted by molar-refractivity contribution is 6.30. The van der Waals surface area contributed by atoms with Crippen LogP contribution in [-0.4, -0.2) is 46.9 Å². The number of piperazine rings is 1. The fourth-order valence-electron chi connectivity index (χ4n) is 4.15. The Kier molecular flexibility index (Phi) is 6.09. The number of carbonyl (C=O) groups excluding carboxylic acids is 1. The predicted octanol–water partition coefficient (Wildman–Crippen LogP) is 5.98. The molecule has 0 N–H and O–H groups in total. The SMILES string of the molecule is O=C(c1cc(-c2cccc(Cl)c2)nc2ccccc12)N1CCN(/C=C/c2ccccc2)CC1. The number of carbonyl (C=O) groups is 1. The second kappa shape index (κ2) is 9.47. The largest absolute Gasteiger partial charge is 0.374 e. The molecule has 4 aromatic rings. The summed E-state index contributed by atoms with van der Waals surface area (Å²) in [5, 5.41) is 1.52. The van der Waals surface area contributed by atoms with E-state index in [0.29, 0.717) is 23.7 Å². The van der Waals surface area contributed by atoms with Crippen LogP contribution < -0.4 is 0 Å². The van der Waals surface area contributed by atoms with Gasteiger partial charge in [-0.15, -0.1) is 0 Å². The summed E-state index contributed by atoms with van der Waals surface area (Å²) >= 11 is 6.20. The van der Waals surface area contributed by atoms with Gasteiger partial charge in [-0.3, -0.25) is 4.79 Å². The Balaban J connectivity index is 1.38. The van der Waals surface area contributed by atoms with E-state index in [4.69, 9.17) is 16.6 Å². The fraction of sp³-hybridized carbons (Fsp3) is 0.143. The van der Waals surface area contributed by atoms with Crippen LogP contribution in [0.5, 0.6) is 0 Å². The minimum absolute atomic E-state index is 0.0450. The van der Waals surface area contributed by atoms with Gasteiger partial charge in [0.1, 0.15) is 0 Å². The van der Waals surface area contributed by atoms with Gasteiger partial charge in [-0.2, -0.15) is 0 Å². The molecule has 33 heavy (non-hydrogen) atoms. The highest BCUT2D eigenvalue weighted by Crippen LogP contribution is 2.27. The van der Waals surface area contributed by atoms with Crippen LogP contribution in [0.1, 0.15) is 15.9 Å². The summed E-state index contributed by atoms with van der Waals surface area (Å²) in [7, 11) is 0. The molecule has 1 saturated heterocycles. The van der Waals surface area contributed by atoms with Crippen molar-refractivity contribution >= 4 is 34.5 Å². The van der Waals surface area contributed by atoms with E-state index in [1.54, 1.807) is 0 Å². The zero-order chi connectivity index (χ0) is 22.6. The van der Waals surface area contributed by atoms with Gasteiger partial charge < -0.3 is 9.80 Å². The first-order valence-corrected chi connectivity index (χ1v) is 11.5. The maximum Gasteiger partial charge on any atom is 0.254 e. The summed E-state index contributed by atoms with van der Waals surface area (Å²) in [6, 6.07) is 27.6. The van der Waals surface area contributed by atoms with Crippen molar-refractivity contribution in [3.63, 3.8) is 0 Å². The summed E-state index contributed by atoms with van der Waals surface area (Å²) in [5.41, 5.74) is 4.32. The molecule has 0 saturated carbocycles. The van der Waals surface area contributed by atoms with Crippen LogP contribution in [0.2, 0.25) is 5.02 Å². The average Bonchev–Trinajstić information content (AvgIpc) is 2.87. The van der Waals surface area contributed by atoms with Crippen molar-refractivity contribution in [2.24, 2.45) is 0 Å². The lowest BCUT2D eigenvalue weighted by Crippen LogP contribution is -2.46. The Labute approximate surface area is 198 Å². The molecule has 1 aliphatic heterocycles. The number of nitrogens with zero attached hydrogens (tertiary/aromatic N) is 3. The first-order chi connectivity index (χ1) is 16.2. The monoisotopic (exact) mass is 453 g/mol. The highest BCUT2D eigenvalue weighted by atomic mass is 35.5. The fourth-order valence-corrected chi connectivity index (χ4v) is 4.34. The topological polar surface area (TPSA) is 36.4 Å². The van der Waals surface area contributed by atoms with Gasteiger partial charge in [0.2, 0.25) is 0 Å². The molecular weight excluding hydrogens is 430 g/mol. The van der Waals surface area contributed by atoms with Crippen LogP contribution in [0.3, 0.4) is 0 Å². The first-order valence-electron chi connectivity index (χ1n) is 11.1. The normalized spacial score (nSPS) is 14.2. The van der Waals surface area contributed by atoms with Crippen molar-refractivity contribution in [3.8, 4) is 11.3 Å². The first kappa shape index (κ1) is 21.2. The van der Waals surface area contributed by atoms with Crippen molar-refractivity contribution in [1.29, 1.82) is 0 Å². The molecule has 0 atom stereocenters. The van der Waals surface area contributed by atoms with Gasteiger partial charge in [0.15, 0.2) is 0 Å². The second-order valence-corrected chi connectivity index (χ2v) is 8.57. The van der Waals surface area contributed by atoms with Crippen LogP contribution in [0, 0.1) is 0 Å². The molecule has 0 unspecified atom stereocenters. The van der Waals surface area contributed by atoms with Gasteiger partial charge in [-0.05, 0) is 42.1 Å². The van der Waals surface area contributed by atoms with Crippen molar-refractivity contribution in [2.45, 2.75) is 0 Å². The van der Waals surface area contributed by atoms with Crippen molar-refractivity contribution in [1.82, 2.24) is 14.8 Å². The lowest BCUT2D eigenvalue weighted by atomic mass is 10.0. The summed E-state index contributed by atoms with van der Waals surface area (Å²) in [6.45, 7) is 2.97. The molecule has 0 spiro atoms. The summed E-state index contributed by atoms with van der Waals surface area (Å²) < 4.78 is 0. The molecule has 5 rings (SSSR count). The predicted molar refractivity (Wildman–Crippen MR) is 135 cm³/mol. The maximum atomic E-state index is 13.6. The van der Waals surface area contributed by atoms with Crippen LogP contribution in [0.25, 0.3) is 28.2 Å². The number of halogens is 1. The minimum atomic E-state index is 0.0450. The Morgan fingerprint density at radius 2 is 1.61 bits per heavy atom. The molecule has 2 heterocycles. The maximum absolute atomic E-state index is 13.6. The quantitative estimate of drug-likeness (QED) is 0.381. The Morgan fingerprint density at radius 1 is 0.848 bits per heavy atom. The van der Waals surface area contributed by atoms with Gasteiger partial charge in [0, 0.05) is 42.2 Å². The van der Waals surface area contributed by atoms with E-state index in [2.05, 4.69) is 29.3 Å². The molecule has 0 radical (unpaired) electrons. The van der Waals surface area contributed by atoms with Gasteiger partial charge in [0.05, 0.1) is 16.8 Å². The molecule has 0 aliphatic carbocycles. The van der Waals surface area contributed by atoms with Gasteiger partial charge in [0.25, 0.3) is 5.91 Å². The zero-order valence-electron chi connectivity index (χ0n) is 18.2.